The lowest BCUT2D eigenvalue weighted by atomic mass is 10.1. The molecule has 0 aliphatic heterocycles. The Morgan fingerprint density at radius 3 is 2.47 bits per heavy atom. The molecule has 3 aromatic rings. The Kier molecular flexibility index (Phi) is 8.37. The average Bonchev–Trinajstić information content (AvgIpc) is 3.01. The van der Waals surface area contributed by atoms with Crippen molar-refractivity contribution in [2.24, 2.45) is 7.05 Å². The fraction of sp³-hybridized carbons (Fsp3) is 0.435. The first kappa shape index (κ1) is 22.9. The van der Waals surface area contributed by atoms with Gasteiger partial charge in [0, 0.05) is 25.2 Å². The first-order valence-electron chi connectivity index (χ1n) is 10.6. The Bertz CT molecular complexity index is 967. The molecule has 0 saturated carbocycles. The molecule has 1 aromatic heterocycles. The second kappa shape index (κ2) is 11.0. The second-order valence-electron chi connectivity index (χ2n) is 7.59. The third-order valence-corrected chi connectivity index (χ3v) is 5.90. The van der Waals surface area contributed by atoms with Gasteiger partial charge < -0.3 is 15.2 Å². The maximum Gasteiger partial charge on any atom is 0.208 e. The van der Waals surface area contributed by atoms with Gasteiger partial charge in [-0.15, -0.1) is 0 Å². The zero-order valence-corrected chi connectivity index (χ0v) is 19.1. The minimum Gasteiger partial charge on any atom is -0.323 e. The molecule has 0 saturated heterocycles. The maximum absolute atomic E-state index is 14.6. The number of aromatic nitrogens is 2. The van der Waals surface area contributed by atoms with Crippen LogP contribution in [0.25, 0.3) is 11.0 Å². The van der Waals surface area contributed by atoms with Gasteiger partial charge in [0.2, 0.25) is 5.95 Å². The molecule has 0 aliphatic carbocycles. The SMILES string of the molecule is CCCCCCCCNCc1cc2nc(Nc3c(Cl)cccc3Cl)n(C)c2cc1F. The van der Waals surface area contributed by atoms with Crippen molar-refractivity contribution in [1.29, 1.82) is 0 Å². The smallest absolute Gasteiger partial charge is 0.208 e. The summed E-state index contributed by atoms with van der Waals surface area (Å²) in [4.78, 5) is 4.62. The second-order valence-corrected chi connectivity index (χ2v) is 8.41. The lowest BCUT2D eigenvalue weighted by Gasteiger charge is -2.09. The zero-order chi connectivity index (χ0) is 21.5. The van der Waals surface area contributed by atoms with Crippen LogP contribution in [0.4, 0.5) is 16.0 Å². The van der Waals surface area contributed by atoms with Crippen LogP contribution in [-0.4, -0.2) is 16.1 Å². The quantitative estimate of drug-likeness (QED) is 0.303. The number of unbranched alkanes of at least 4 members (excludes halogenated alkanes) is 5. The zero-order valence-electron chi connectivity index (χ0n) is 17.6. The summed E-state index contributed by atoms with van der Waals surface area (Å²) in [5.74, 6) is 0.319. The van der Waals surface area contributed by atoms with Crippen molar-refractivity contribution in [3.8, 4) is 0 Å². The van der Waals surface area contributed by atoms with E-state index in [9.17, 15) is 4.39 Å². The topological polar surface area (TPSA) is 41.9 Å². The molecule has 0 atom stereocenters. The summed E-state index contributed by atoms with van der Waals surface area (Å²) in [6, 6.07) is 8.63. The van der Waals surface area contributed by atoms with Crippen molar-refractivity contribution in [2.45, 2.75) is 52.0 Å². The average molecular weight is 451 g/mol. The number of rotatable bonds is 11. The van der Waals surface area contributed by atoms with E-state index >= 15 is 0 Å². The predicted molar refractivity (Wildman–Crippen MR) is 125 cm³/mol. The van der Waals surface area contributed by atoms with Gasteiger partial charge in [-0.05, 0) is 31.2 Å². The van der Waals surface area contributed by atoms with Gasteiger partial charge in [0.25, 0.3) is 0 Å². The molecule has 0 spiro atoms. The number of nitrogens with zero attached hydrogens (tertiary/aromatic N) is 2. The molecule has 0 amide bonds. The van der Waals surface area contributed by atoms with Crippen molar-refractivity contribution >= 4 is 45.9 Å². The van der Waals surface area contributed by atoms with E-state index in [-0.39, 0.29) is 5.82 Å². The van der Waals surface area contributed by atoms with Gasteiger partial charge in [-0.25, -0.2) is 9.37 Å². The largest absolute Gasteiger partial charge is 0.323 e. The molecule has 7 heteroatoms. The summed E-state index contributed by atoms with van der Waals surface area (Å²) < 4.78 is 16.4. The van der Waals surface area contributed by atoms with Gasteiger partial charge in [-0.3, -0.25) is 0 Å². The summed E-state index contributed by atoms with van der Waals surface area (Å²) >= 11 is 12.5. The number of hydrogen-bond acceptors (Lipinski definition) is 3. The van der Waals surface area contributed by atoms with Crippen molar-refractivity contribution in [3.63, 3.8) is 0 Å². The van der Waals surface area contributed by atoms with Crippen LogP contribution < -0.4 is 10.6 Å². The van der Waals surface area contributed by atoms with Crippen LogP contribution in [0.2, 0.25) is 10.0 Å². The van der Waals surface area contributed by atoms with Gasteiger partial charge in [-0.1, -0.05) is 68.3 Å². The number of anilines is 2. The van der Waals surface area contributed by atoms with E-state index in [0.717, 1.165) is 18.5 Å². The van der Waals surface area contributed by atoms with Crippen LogP contribution in [0.1, 0.15) is 51.0 Å². The third-order valence-electron chi connectivity index (χ3n) is 5.27. The number of halogens is 3. The number of imidazole rings is 1. The predicted octanol–water partition coefficient (Wildman–Crippen LogP) is 7.21. The highest BCUT2D eigenvalue weighted by Crippen LogP contribution is 2.33. The Balaban J connectivity index is 1.65. The third kappa shape index (κ3) is 5.65. The Morgan fingerprint density at radius 2 is 1.73 bits per heavy atom. The number of benzene rings is 2. The fourth-order valence-electron chi connectivity index (χ4n) is 3.49. The van der Waals surface area contributed by atoms with E-state index in [0.29, 0.717) is 39.3 Å². The molecule has 2 aromatic carbocycles. The van der Waals surface area contributed by atoms with Gasteiger partial charge in [0.05, 0.1) is 26.8 Å². The number of aryl methyl sites for hydroxylation is 1. The number of fused-ring (bicyclic) bond motifs is 1. The summed E-state index contributed by atoms with van der Waals surface area (Å²) in [6.45, 7) is 3.61. The summed E-state index contributed by atoms with van der Waals surface area (Å²) in [5.41, 5.74) is 2.63. The summed E-state index contributed by atoms with van der Waals surface area (Å²) in [6.07, 6.45) is 7.48. The standard InChI is InChI=1S/C23H29Cl2FN4/c1-3-4-5-6-7-8-12-27-15-16-13-20-21(14-19(16)26)30(2)23(28-20)29-22-17(24)10-9-11-18(22)25/h9-11,13-14,27H,3-8,12,15H2,1-2H3,(H,28,29). The molecule has 162 valence electrons. The number of para-hydroxylation sites is 1. The highest BCUT2D eigenvalue weighted by Gasteiger charge is 2.14. The molecule has 1 heterocycles. The molecular weight excluding hydrogens is 422 g/mol. The van der Waals surface area contributed by atoms with Crippen LogP contribution in [0.3, 0.4) is 0 Å². The molecule has 0 aliphatic rings. The van der Waals surface area contributed by atoms with E-state index < -0.39 is 0 Å². The van der Waals surface area contributed by atoms with E-state index in [2.05, 4.69) is 22.5 Å². The molecule has 0 radical (unpaired) electrons. The van der Waals surface area contributed by atoms with Crippen LogP contribution >= 0.6 is 23.2 Å². The van der Waals surface area contributed by atoms with Crippen molar-refractivity contribution < 1.29 is 4.39 Å². The van der Waals surface area contributed by atoms with E-state index in [1.165, 1.54) is 38.2 Å². The van der Waals surface area contributed by atoms with E-state index in [1.807, 2.05) is 7.05 Å². The Hall–Kier alpha value is -1.82. The van der Waals surface area contributed by atoms with Gasteiger partial charge >= 0.3 is 0 Å². The lowest BCUT2D eigenvalue weighted by Crippen LogP contribution is -2.15. The molecule has 0 unspecified atom stereocenters. The van der Waals surface area contributed by atoms with Gasteiger partial charge in [0.1, 0.15) is 5.82 Å². The molecule has 30 heavy (non-hydrogen) atoms. The molecular formula is C23H29Cl2FN4. The Morgan fingerprint density at radius 1 is 1.03 bits per heavy atom. The van der Waals surface area contributed by atoms with Crippen LogP contribution in [0.15, 0.2) is 30.3 Å². The summed E-state index contributed by atoms with van der Waals surface area (Å²) in [5, 5.41) is 7.52. The molecule has 3 rings (SSSR count). The maximum atomic E-state index is 14.6. The molecule has 0 fully saturated rings. The first-order valence-corrected chi connectivity index (χ1v) is 11.3. The van der Waals surface area contributed by atoms with E-state index in [1.54, 1.807) is 28.8 Å². The van der Waals surface area contributed by atoms with Gasteiger partial charge in [-0.2, -0.15) is 0 Å². The monoisotopic (exact) mass is 450 g/mol. The fourth-order valence-corrected chi connectivity index (χ4v) is 3.98. The molecule has 2 N–H and O–H groups in total. The molecule has 0 bridgehead atoms. The van der Waals surface area contributed by atoms with E-state index in [4.69, 9.17) is 23.2 Å². The molecule has 4 nitrogen and oxygen atoms in total. The highest BCUT2D eigenvalue weighted by molar-refractivity contribution is 6.39. The van der Waals surface area contributed by atoms with Gasteiger partial charge in [0.15, 0.2) is 0 Å². The van der Waals surface area contributed by atoms with Crippen LogP contribution in [0.5, 0.6) is 0 Å². The van der Waals surface area contributed by atoms with Crippen molar-refractivity contribution in [3.05, 3.63) is 51.8 Å². The minimum atomic E-state index is -0.233. The van der Waals surface area contributed by atoms with Crippen LogP contribution in [0, 0.1) is 5.82 Å². The van der Waals surface area contributed by atoms with Crippen LogP contribution in [-0.2, 0) is 13.6 Å². The van der Waals surface area contributed by atoms with Crippen molar-refractivity contribution in [2.75, 3.05) is 11.9 Å². The Labute approximate surface area is 187 Å². The summed E-state index contributed by atoms with van der Waals surface area (Å²) in [7, 11) is 1.83. The first-order chi connectivity index (χ1) is 14.5. The minimum absolute atomic E-state index is 0.233. The van der Waals surface area contributed by atoms with Crippen molar-refractivity contribution in [1.82, 2.24) is 14.9 Å². The lowest BCUT2D eigenvalue weighted by molar-refractivity contribution is 0.556. The highest BCUT2D eigenvalue weighted by atomic mass is 35.5. The normalized spacial score (nSPS) is 11.4. The number of hydrogen-bond donors (Lipinski definition) is 2. The number of nitrogens with one attached hydrogen (secondary N) is 2.